The Morgan fingerprint density at radius 2 is 2.16 bits per heavy atom. The van der Waals surface area contributed by atoms with E-state index in [1.54, 1.807) is 12.1 Å². The van der Waals surface area contributed by atoms with Gasteiger partial charge in [-0.3, -0.25) is 4.79 Å². The van der Waals surface area contributed by atoms with Crippen LogP contribution in [0.4, 0.5) is 11.5 Å². The molecule has 1 heterocycles. The maximum Gasteiger partial charge on any atom is 0.267 e. The van der Waals surface area contributed by atoms with E-state index in [-0.39, 0.29) is 5.69 Å². The Balaban J connectivity index is 2.17. The van der Waals surface area contributed by atoms with E-state index in [0.29, 0.717) is 22.8 Å². The van der Waals surface area contributed by atoms with Crippen LogP contribution in [0.1, 0.15) is 36.2 Å². The molecule has 1 aromatic rings. The molecule has 1 fully saturated rings. The SMILES string of the molecule is CSC1CCCCC1Nc1nc(C(N)=O)ccc1N. The van der Waals surface area contributed by atoms with Gasteiger partial charge in [0.05, 0.1) is 5.69 Å². The Morgan fingerprint density at radius 3 is 2.84 bits per heavy atom. The maximum absolute atomic E-state index is 11.2. The number of pyridine rings is 1. The molecule has 6 heteroatoms. The van der Waals surface area contributed by atoms with Crippen molar-refractivity contribution < 1.29 is 4.79 Å². The number of carbonyl (C=O) groups excluding carboxylic acids is 1. The van der Waals surface area contributed by atoms with Crippen molar-refractivity contribution in [2.75, 3.05) is 17.3 Å². The Hall–Kier alpha value is -1.43. The lowest BCUT2D eigenvalue weighted by Crippen LogP contribution is -2.35. The van der Waals surface area contributed by atoms with E-state index in [9.17, 15) is 4.79 Å². The zero-order valence-electron chi connectivity index (χ0n) is 11.1. The molecule has 1 aromatic heterocycles. The molecule has 19 heavy (non-hydrogen) atoms. The highest BCUT2D eigenvalue weighted by atomic mass is 32.2. The van der Waals surface area contributed by atoms with Crippen LogP contribution in [0.25, 0.3) is 0 Å². The van der Waals surface area contributed by atoms with E-state index in [1.165, 1.54) is 19.3 Å². The molecule has 5 nitrogen and oxygen atoms in total. The van der Waals surface area contributed by atoms with Crippen LogP contribution >= 0.6 is 11.8 Å². The van der Waals surface area contributed by atoms with Crippen molar-refractivity contribution in [3.8, 4) is 0 Å². The average Bonchev–Trinajstić information content (AvgIpc) is 2.41. The Bertz CT molecular complexity index is 466. The minimum absolute atomic E-state index is 0.244. The molecule has 1 amide bonds. The molecule has 2 rings (SSSR count). The van der Waals surface area contributed by atoms with Gasteiger partial charge in [0.15, 0.2) is 0 Å². The van der Waals surface area contributed by atoms with Gasteiger partial charge in [-0.2, -0.15) is 11.8 Å². The summed E-state index contributed by atoms with van der Waals surface area (Å²) in [6.07, 6.45) is 6.92. The number of nitrogen functional groups attached to an aromatic ring is 1. The fourth-order valence-corrected chi connectivity index (χ4v) is 3.38. The molecule has 0 saturated heterocycles. The highest BCUT2D eigenvalue weighted by molar-refractivity contribution is 7.99. The van der Waals surface area contributed by atoms with E-state index >= 15 is 0 Å². The molecule has 0 bridgehead atoms. The quantitative estimate of drug-likeness (QED) is 0.782. The number of rotatable bonds is 4. The first-order valence-electron chi connectivity index (χ1n) is 6.47. The summed E-state index contributed by atoms with van der Waals surface area (Å²) >= 11 is 1.87. The minimum Gasteiger partial charge on any atom is -0.396 e. The van der Waals surface area contributed by atoms with Crippen LogP contribution < -0.4 is 16.8 Å². The Labute approximate surface area is 117 Å². The third kappa shape index (κ3) is 3.32. The number of anilines is 2. The van der Waals surface area contributed by atoms with E-state index < -0.39 is 5.91 Å². The zero-order valence-corrected chi connectivity index (χ0v) is 11.9. The Kier molecular flexibility index (Phi) is 4.52. The van der Waals surface area contributed by atoms with E-state index in [4.69, 9.17) is 11.5 Å². The van der Waals surface area contributed by atoms with Gasteiger partial charge in [0.2, 0.25) is 0 Å². The molecule has 2 atom stereocenters. The fraction of sp³-hybridized carbons (Fsp3) is 0.538. The van der Waals surface area contributed by atoms with Crippen LogP contribution in [0.2, 0.25) is 0 Å². The normalized spacial score (nSPS) is 23.0. The number of hydrogen-bond donors (Lipinski definition) is 3. The van der Waals surface area contributed by atoms with Crippen molar-refractivity contribution in [3.05, 3.63) is 17.8 Å². The van der Waals surface area contributed by atoms with Crippen molar-refractivity contribution in [2.24, 2.45) is 5.73 Å². The van der Waals surface area contributed by atoms with Crippen LogP contribution in [-0.4, -0.2) is 28.4 Å². The second-order valence-corrected chi connectivity index (χ2v) is 5.88. The third-order valence-corrected chi connectivity index (χ3v) is 4.68. The monoisotopic (exact) mass is 280 g/mol. The van der Waals surface area contributed by atoms with Crippen LogP contribution in [-0.2, 0) is 0 Å². The summed E-state index contributed by atoms with van der Waals surface area (Å²) in [5, 5.41) is 3.94. The summed E-state index contributed by atoms with van der Waals surface area (Å²) in [7, 11) is 0. The highest BCUT2D eigenvalue weighted by Crippen LogP contribution is 2.30. The number of aromatic nitrogens is 1. The minimum atomic E-state index is -0.534. The van der Waals surface area contributed by atoms with Gasteiger partial charge in [-0.25, -0.2) is 4.98 Å². The first kappa shape index (κ1) is 14.0. The largest absolute Gasteiger partial charge is 0.396 e. The van der Waals surface area contributed by atoms with Crippen molar-refractivity contribution in [1.29, 1.82) is 0 Å². The highest BCUT2D eigenvalue weighted by Gasteiger charge is 2.25. The Morgan fingerprint density at radius 1 is 1.42 bits per heavy atom. The van der Waals surface area contributed by atoms with Gasteiger partial charge in [-0.05, 0) is 31.2 Å². The predicted octanol–water partition coefficient (Wildman–Crippen LogP) is 1.85. The van der Waals surface area contributed by atoms with Gasteiger partial charge in [0.1, 0.15) is 11.5 Å². The van der Waals surface area contributed by atoms with Crippen LogP contribution in [0.15, 0.2) is 12.1 Å². The van der Waals surface area contributed by atoms with E-state index in [0.717, 1.165) is 6.42 Å². The van der Waals surface area contributed by atoms with Gasteiger partial charge in [0.25, 0.3) is 5.91 Å². The van der Waals surface area contributed by atoms with Gasteiger partial charge in [-0.1, -0.05) is 12.8 Å². The van der Waals surface area contributed by atoms with Gasteiger partial charge in [0, 0.05) is 11.3 Å². The summed E-state index contributed by atoms with van der Waals surface area (Å²) in [5.74, 6) is 0.0374. The molecule has 1 aliphatic carbocycles. The zero-order chi connectivity index (χ0) is 13.8. The van der Waals surface area contributed by atoms with E-state index in [1.807, 2.05) is 11.8 Å². The molecule has 0 aromatic carbocycles. The number of nitrogens with one attached hydrogen (secondary N) is 1. The number of nitrogens with two attached hydrogens (primary N) is 2. The van der Waals surface area contributed by atoms with Gasteiger partial charge < -0.3 is 16.8 Å². The lowest BCUT2D eigenvalue weighted by Gasteiger charge is -2.31. The number of thioether (sulfide) groups is 1. The number of carbonyl (C=O) groups is 1. The molecule has 2 unspecified atom stereocenters. The molecular formula is C13H20N4OS. The molecule has 0 radical (unpaired) electrons. The average molecular weight is 280 g/mol. The van der Waals surface area contributed by atoms with Gasteiger partial charge in [-0.15, -0.1) is 0 Å². The van der Waals surface area contributed by atoms with Crippen molar-refractivity contribution in [1.82, 2.24) is 4.98 Å². The van der Waals surface area contributed by atoms with Crippen molar-refractivity contribution >= 4 is 29.2 Å². The van der Waals surface area contributed by atoms with Gasteiger partial charge >= 0.3 is 0 Å². The number of nitrogens with zero attached hydrogens (tertiary/aromatic N) is 1. The van der Waals surface area contributed by atoms with Crippen molar-refractivity contribution in [2.45, 2.75) is 37.0 Å². The lowest BCUT2D eigenvalue weighted by atomic mass is 9.95. The molecule has 1 saturated carbocycles. The smallest absolute Gasteiger partial charge is 0.267 e. The number of hydrogen-bond acceptors (Lipinski definition) is 5. The molecule has 1 aliphatic rings. The standard InChI is InChI=1S/C13H20N4OS/c1-19-11-5-3-2-4-9(11)16-13-8(14)6-7-10(17-13)12(15)18/h6-7,9,11H,2-5,14H2,1H3,(H2,15,18)(H,16,17). The van der Waals surface area contributed by atoms with Crippen molar-refractivity contribution in [3.63, 3.8) is 0 Å². The summed E-state index contributed by atoms with van der Waals surface area (Å²) < 4.78 is 0. The first-order chi connectivity index (χ1) is 9.11. The first-order valence-corrected chi connectivity index (χ1v) is 7.76. The van der Waals surface area contributed by atoms with Crippen LogP contribution in [0.3, 0.4) is 0 Å². The number of amides is 1. The predicted molar refractivity (Wildman–Crippen MR) is 80.3 cm³/mol. The summed E-state index contributed by atoms with van der Waals surface area (Å²) in [6, 6.07) is 3.57. The summed E-state index contributed by atoms with van der Waals surface area (Å²) in [6.45, 7) is 0. The van der Waals surface area contributed by atoms with E-state index in [2.05, 4.69) is 16.6 Å². The van der Waals surface area contributed by atoms with Crippen LogP contribution in [0.5, 0.6) is 0 Å². The molecule has 104 valence electrons. The maximum atomic E-state index is 11.2. The molecule has 5 N–H and O–H groups in total. The third-order valence-electron chi connectivity index (χ3n) is 3.51. The molecular weight excluding hydrogens is 260 g/mol. The second-order valence-electron chi connectivity index (χ2n) is 4.81. The molecule has 0 spiro atoms. The second kappa shape index (κ2) is 6.14. The topological polar surface area (TPSA) is 94.0 Å². The molecule has 0 aliphatic heterocycles. The summed E-state index contributed by atoms with van der Waals surface area (Å²) in [5.41, 5.74) is 11.9. The number of primary amides is 1. The fourth-order valence-electron chi connectivity index (χ4n) is 2.44. The van der Waals surface area contributed by atoms with Crippen LogP contribution in [0, 0.1) is 0 Å². The lowest BCUT2D eigenvalue weighted by molar-refractivity contribution is 0.0995. The summed E-state index contributed by atoms with van der Waals surface area (Å²) in [4.78, 5) is 15.4.